The minimum absolute atomic E-state index is 0.0246. The first-order valence-corrected chi connectivity index (χ1v) is 5.66. The summed E-state index contributed by atoms with van der Waals surface area (Å²) in [5, 5.41) is 11.6. The minimum Gasteiger partial charge on any atom is -0.480 e. The Labute approximate surface area is 111 Å². The minimum atomic E-state index is -1.44. The third-order valence-electron chi connectivity index (χ3n) is 2.49. The maximum atomic E-state index is 11.5. The van der Waals surface area contributed by atoms with Gasteiger partial charge in [0.1, 0.15) is 12.1 Å². The maximum absolute atomic E-state index is 11.5. The molecule has 19 heavy (non-hydrogen) atoms. The van der Waals surface area contributed by atoms with E-state index >= 15 is 0 Å². The fourth-order valence-corrected chi connectivity index (χ4v) is 1.48. The van der Waals surface area contributed by atoms with Crippen LogP contribution in [0.25, 0.3) is 0 Å². The Kier molecular flexibility index (Phi) is 5.05. The van der Waals surface area contributed by atoms with Crippen LogP contribution >= 0.6 is 0 Å². The lowest BCUT2D eigenvalue weighted by atomic mass is 9.93. The fourth-order valence-electron chi connectivity index (χ4n) is 1.48. The van der Waals surface area contributed by atoms with Gasteiger partial charge in [-0.25, -0.2) is 9.59 Å². The van der Waals surface area contributed by atoms with Crippen LogP contribution in [0.4, 0.5) is 4.79 Å². The average molecular weight is 264 g/mol. The molecule has 102 valence electrons. The predicted octanol–water partition coefficient (Wildman–Crippen LogP) is 1.38. The van der Waals surface area contributed by atoms with Crippen LogP contribution in [-0.4, -0.2) is 34.3 Å². The van der Waals surface area contributed by atoms with Crippen LogP contribution < -0.4 is 5.32 Å². The van der Waals surface area contributed by atoms with Gasteiger partial charge >= 0.3 is 12.1 Å². The molecule has 6 nitrogen and oxygen atoms in total. The Bertz CT molecular complexity index is 461. The van der Waals surface area contributed by atoms with Crippen molar-refractivity contribution in [3.63, 3.8) is 0 Å². The highest BCUT2D eigenvalue weighted by atomic mass is 16.5. The molecule has 0 saturated carbocycles. The smallest absolute Gasteiger partial charge is 0.408 e. The number of aliphatic carboxylic acids is 1. The number of carboxylic acids is 1. The van der Waals surface area contributed by atoms with Crippen LogP contribution in [0.1, 0.15) is 12.5 Å². The van der Waals surface area contributed by atoms with Gasteiger partial charge in [0.25, 0.3) is 0 Å². The number of rotatable bonds is 6. The van der Waals surface area contributed by atoms with Crippen LogP contribution in [0, 0.1) is 0 Å². The number of carbonyl (C=O) groups excluding carboxylic acids is 1. The standard InChI is InChI=1S/C13H16N2O4/c1-3-8-19-12(18)15-13(2,11(16)17)9-10-4-6-14-7-5-10/h3-7H,1,8-9H2,2H3,(H,15,18)(H,16,17). The van der Waals surface area contributed by atoms with E-state index in [1.54, 1.807) is 24.5 Å². The molecule has 1 unspecified atom stereocenters. The number of aromatic nitrogens is 1. The fraction of sp³-hybridized carbons (Fsp3) is 0.308. The third-order valence-corrected chi connectivity index (χ3v) is 2.49. The molecule has 2 N–H and O–H groups in total. The highest BCUT2D eigenvalue weighted by Gasteiger charge is 2.35. The molecule has 1 rings (SSSR count). The number of hydrogen-bond acceptors (Lipinski definition) is 4. The van der Waals surface area contributed by atoms with Crippen molar-refractivity contribution in [2.75, 3.05) is 6.61 Å². The molecule has 0 aliphatic rings. The number of amides is 1. The van der Waals surface area contributed by atoms with Crippen molar-refractivity contribution in [2.24, 2.45) is 0 Å². The van der Waals surface area contributed by atoms with Gasteiger partial charge in [-0.1, -0.05) is 12.7 Å². The first-order valence-electron chi connectivity index (χ1n) is 5.66. The number of nitrogens with one attached hydrogen (secondary N) is 1. The Morgan fingerprint density at radius 1 is 1.53 bits per heavy atom. The number of pyridine rings is 1. The Balaban J connectivity index is 2.77. The monoisotopic (exact) mass is 264 g/mol. The van der Waals surface area contributed by atoms with Crippen molar-refractivity contribution in [3.05, 3.63) is 42.7 Å². The summed E-state index contributed by atoms with van der Waals surface area (Å²) in [6.07, 6.45) is 3.87. The largest absolute Gasteiger partial charge is 0.480 e. The summed E-state index contributed by atoms with van der Waals surface area (Å²) in [6.45, 7) is 4.85. The molecule has 1 atom stereocenters. The third kappa shape index (κ3) is 4.42. The van der Waals surface area contributed by atoms with Gasteiger partial charge in [-0.2, -0.15) is 0 Å². The summed E-state index contributed by atoms with van der Waals surface area (Å²) < 4.78 is 4.73. The molecular weight excluding hydrogens is 248 g/mol. The zero-order chi connectivity index (χ0) is 14.3. The molecule has 0 radical (unpaired) electrons. The van der Waals surface area contributed by atoms with Gasteiger partial charge < -0.3 is 15.2 Å². The molecule has 0 bridgehead atoms. The van der Waals surface area contributed by atoms with E-state index in [2.05, 4.69) is 16.9 Å². The lowest BCUT2D eigenvalue weighted by Crippen LogP contribution is -2.54. The molecule has 0 aliphatic heterocycles. The van der Waals surface area contributed by atoms with E-state index in [9.17, 15) is 14.7 Å². The van der Waals surface area contributed by atoms with E-state index in [-0.39, 0.29) is 13.0 Å². The van der Waals surface area contributed by atoms with Crippen LogP contribution in [0.3, 0.4) is 0 Å². The summed E-state index contributed by atoms with van der Waals surface area (Å²) in [5.41, 5.74) is -0.691. The van der Waals surface area contributed by atoms with E-state index in [1.165, 1.54) is 13.0 Å². The van der Waals surface area contributed by atoms with Crippen LogP contribution in [0.5, 0.6) is 0 Å². The van der Waals surface area contributed by atoms with E-state index in [0.717, 1.165) is 5.56 Å². The zero-order valence-electron chi connectivity index (χ0n) is 10.6. The lowest BCUT2D eigenvalue weighted by Gasteiger charge is -2.25. The van der Waals surface area contributed by atoms with E-state index in [1.807, 2.05) is 0 Å². The number of nitrogens with zero attached hydrogens (tertiary/aromatic N) is 1. The summed E-state index contributed by atoms with van der Waals surface area (Å²) in [6, 6.07) is 3.38. The van der Waals surface area contributed by atoms with Gasteiger partial charge in [0.15, 0.2) is 0 Å². The van der Waals surface area contributed by atoms with Crippen LogP contribution in [-0.2, 0) is 16.0 Å². The van der Waals surface area contributed by atoms with Crippen LogP contribution in [0.15, 0.2) is 37.2 Å². The number of alkyl carbamates (subject to hydrolysis) is 1. The number of carboxylic acid groups (broad SMARTS) is 1. The van der Waals surface area contributed by atoms with Gasteiger partial charge in [0, 0.05) is 18.8 Å². The first kappa shape index (κ1) is 14.7. The van der Waals surface area contributed by atoms with E-state index in [4.69, 9.17) is 4.74 Å². The van der Waals surface area contributed by atoms with Crippen molar-refractivity contribution < 1.29 is 19.4 Å². The van der Waals surface area contributed by atoms with E-state index in [0.29, 0.717) is 0 Å². The molecule has 6 heteroatoms. The summed E-state index contributed by atoms with van der Waals surface area (Å²) in [5.74, 6) is -1.14. The van der Waals surface area contributed by atoms with Crippen molar-refractivity contribution in [1.82, 2.24) is 10.3 Å². The Morgan fingerprint density at radius 2 is 2.16 bits per heavy atom. The Morgan fingerprint density at radius 3 is 2.68 bits per heavy atom. The normalized spacial score (nSPS) is 13.1. The molecule has 1 amide bonds. The second kappa shape index (κ2) is 6.53. The molecule has 1 aromatic heterocycles. The highest BCUT2D eigenvalue weighted by molar-refractivity contribution is 5.84. The predicted molar refractivity (Wildman–Crippen MR) is 68.7 cm³/mol. The summed E-state index contributed by atoms with van der Waals surface area (Å²) in [7, 11) is 0. The van der Waals surface area contributed by atoms with Crippen molar-refractivity contribution >= 4 is 12.1 Å². The SMILES string of the molecule is C=CCOC(=O)NC(C)(Cc1ccncc1)C(=O)O. The van der Waals surface area contributed by atoms with Gasteiger partial charge in [0.2, 0.25) is 0 Å². The molecule has 0 aliphatic carbocycles. The maximum Gasteiger partial charge on any atom is 0.408 e. The number of ether oxygens (including phenoxy) is 1. The van der Waals surface area contributed by atoms with Crippen LogP contribution in [0.2, 0.25) is 0 Å². The van der Waals surface area contributed by atoms with Gasteiger partial charge in [-0.15, -0.1) is 0 Å². The molecule has 1 heterocycles. The molecular formula is C13H16N2O4. The van der Waals surface area contributed by atoms with Gasteiger partial charge in [-0.3, -0.25) is 4.98 Å². The molecule has 0 fully saturated rings. The summed E-state index contributed by atoms with van der Waals surface area (Å²) >= 11 is 0. The molecule has 0 aromatic carbocycles. The molecule has 0 spiro atoms. The first-order chi connectivity index (χ1) is 8.98. The average Bonchev–Trinajstić information content (AvgIpc) is 2.37. The Hall–Kier alpha value is -2.37. The quantitative estimate of drug-likeness (QED) is 0.758. The topological polar surface area (TPSA) is 88.5 Å². The number of carbonyl (C=O) groups is 2. The van der Waals surface area contributed by atoms with Gasteiger partial charge in [0.05, 0.1) is 0 Å². The number of hydrogen-bond donors (Lipinski definition) is 2. The summed E-state index contributed by atoms with van der Waals surface area (Å²) in [4.78, 5) is 26.6. The van der Waals surface area contributed by atoms with E-state index < -0.39 is 17.6 Å². The van der Waals surface area contributed by atoms with Crippen molar-refractivity contribution in [2.45, 2.75) is 18.9 Å². The highest BCUT2D eigenvalue weighted by Crippen LogP contribution is 2.13. The second-order valence-corrected chi connectivity index (χ2v) is 4.18. The second-order valence-electron chi connectivity index (χ2n) is 4.18. The lowest BCUT2D eigenvalue weighted by molar-refractivity contribution is -0.143. The molecule has 0 saturated heterocycles. The van der Waals surface area contributed by atoms with Crippen molar-refractivity contribution in [1.29, 1.82) is 0 Å². The van der Waals surface area contributed by atoms with Gasteiger partial charge in [-0.05, 0) is 24.6 Å². The van der Waals surface area contributed by atoms with Crippen molar-refractivity contribution in [3.8, 4) is 0 Å². The zero-order valence-corrected chi connectivity index (χ0v) is 10.6. The molecule has 1 aromatic rings.